The van der Waals surface area contributed by atoms with Crippen molar-refractivity contribution in [2.45, 2.75) is 38.6 Å². The van der Waals surface area contributed by atoms with Gasteiger partial charge in [0.1, 0.15) is 10.8 Å². The number of hydrogen-bond donors (Lipinski definition) is 1. The van der Waals surface area contributed by atoms with Gasteiger partial charge in [0.15, 0.2) is 0 Å². The molecule has 3 aromatic rings. The van der Waals surface area contributed by atoms with Gasteiger partial charge in [-0.2, -0.15) is 0 Å². The smallest absolute Gasteiger partial charge is 0.221 e. The standard InChI is InChI=1S/C26H29FN4OS/c1-18(32)29-26-24(21-6-2-3-8-23(21)33-26)25(22-7-4-5-13-28-22)31-16-14-30(15-17-31)20-11-9-19(27)10-12-20/h4-5,7,9-13,25H,2-3,6,8,14-17H2,1H3,(H,29,32). The summed E-state index contributed by atoms with van der Waals surface area (Å²) >= 11 is 1.74. The Hall–Kier alpha value is -2.77. The molecule has 3 heterocycles. The van der Waals surface area contributed by atoms with E-state index in [4.69, 9.17) is 4.98 Å². The number of piperazine rings is 1. The summed E-state index contributed by atoms with van der Waals surface area (Å²) in [7, 11) is 0. The molecule has 1 aromatic carbocycles. The molecule has 0 bridgehead atoms. The molecule has 1 amide bonds. The minimum atomic E-state index is -0.208. The predicted molar refractivity (Wildman–Crippen MR) is 132 cm³/mol. The van der Waals surface area contributed by atoms with Gasteiger partial charge in [0.2, 0.25) is 5.91 Å². The number of nitrogens with zero attached hydrogens (tertiary/aromatic N) is 3. The first-order valence-corrected chi connectivity index (χ1v) is 12.5. The number of benzene rings is 1. The van der Waals surface area contributed by atoms with E-state index < -0.39 is 0 Å². The molecule has 5 nitrogen and oxygen atoms in total. The summed E-state index contributed by atoms with van der Waals surface area (Å²) in [6.45, 7) is 5.03. The third-order valence-electron chi connectivity index (χ3n) is 6.61. The number of pyridine rings is 1. The maximum atomic E-state index is 13.4. The van der Waals surface area contributed by atoms with Crippen molar-refractivity contribution in [3.63, 3.8) is 0 Å². The van der Waals surface area contributed by atoms with Crippen LogP contribution in [0.3, 0.4) is 0 Å². The van der Waals surface area contributed by atoms with Crippen molar-refractivity contribution in [3.05, 3.63) is 76.2 Å². The van der Waals surface area contributed by atoms with E-state index in [1.54, 1.807) is 18.3 Å². The van der Waals surface area contributed by atoms with Crippen molar-refractivity contribution in [1.29, 1.82) is 0 Å². The van der Waals surface area contributed by atoms with E-state index in [2.05, 4.69) is 21.2 Å². The summed E-state index contributed by atoms with van der Waals surface area (Å²) in [4.78, 5) is 23.0. The van der Waals surface area contributed by atoms with E-state index in [1.807, 2.05) is 30.5 Å². The number of amides is 1. The average molecular weight is 465 g/mol. The fourth-order valence-electron chi connectivity index (χ4n) is 5.08. The minimum absolute atomic E-state index is 0.00141. The molecule has 1 aliphatic heterocycles. The van der Waals surface area contributed by atoms with Gasteiger partial charge in [0.25, 0.3) is 0 Å². The van der Waals surface area contributed by atoms with Gasteiger partial charge in [-0.25, -0.2) is 4.39 Å². The lowest BCUT2D eigenvalue weighted by molar-refractivity contribution is -0.114. The number of aryl methyl sites for hydroxylation is 1. The number of aromatic nitrogens is 1. The van der Waals surface area contributed by atoms with Crippen molar-refractivity contribution in [2.24, 2.45) is 0 Å². The fourth-order valence-corrected chi connectivity index (χ4v) is 6.45. The molecule has 1 aliphatic carbocycles. The first-order chi connectivity index (χ1) is 16.1. The van der Waals surface area contributed by atoms with Crippen LogP contribution in [-0.4, -0.2) is 42.0 Å². The van der Waals surface area contributed by atoms with Crippen LogP contribution in [-0.2, 0) is 17.6 Å². The van der Waals surface area contributed by atoms with Crippen LogP contribution < -0.4 is 10.2 Å². The van der Waals surface area contributed by atoms with Crippen LogP contribution in [0.1, 0.15) is 47.5 Å². The molecule has 0 saturated carbocycles. The molecule has 0 radical (unpaired) electrons. The van der Waals surface area contributed by atoms with Gasteiger partial charge in [-0.15, -0.1) is 11.3 Å². The Balaban J connectivity index is 1.49. The monoisotopic (exact) mass is 464 g/mol. The summed E-state index contributed by atoms with van der Waals surface area (Å²) < 4.78 is 13.4. The molecule has 1 unspecified atom stereocenters. The van der Waals surface area contributed by atoms with Crippen molar-refractivity contribution < 1.29 is 9.18 Å². The molecule has 1 atom stereocenters. The number of nitrogens with one attached hydrogen (secondary N) is 1. The highest BCUT2D eigenvalue weighted by Crippen LogP contribution is 2.45. The summed E-state index contributed by atoms with van der Waals surface area (Å²) in [5.74, 6) is -0.240. The van der Waals surface area contributed by atoms with Crippen molar-refractivity contribution >= 4 is 27.9 Å². The van der Waals surface area contributed by atoms with Gasteiger partial charge in [-0.3, -0.25) is 14.7 Å². The van der Waals surface area contributed by atoms with Crippen molar-refractivity contribution in [1.82, 2.24) is 9.88 Å². The molecule has 2 aliphatic rings. The lowest BCUT2D eigenvalue weighted by atomic mass is 9.90. The van der Waals surface area contributed by atoms with Gasteiger partial charge >= 0.3 is 0 Å². The molecular formula is C26H29FN4OS. The fraction of sp³-hybridized carbons (Fsp3) is 0.385. The Morgan fingerprint density at radius 3 is 2.52 bits per heavy atom. The van der Waals surface area contributed by atoms with E-state index in [9.17, 15) is 9.18 Å². The molecule has 0 spiro atoms. The Morgan fingerprint density at radius 1 is 1.06 bits per heavy atom. The van der Waals surface area contributed by atoms with E-state index in [0.29, 0.717) is 0 Å². The third-order valence-corrected chi connectivity index (χ3v) is 7.84. The molecule has 5 rings (SSSR count). The topological polar surface area (TPSA) is 48.5 Å². The number of rotatable bonds is 5. The van der Waals surface area contributed by atoms with E-state index in [-0.39, 0.29) is 17.8 Å². The Kier molecular flexibility index (Phi) is 6.42. The number of anilines is 2. The van der Waals surface area contributed by atoms with Crippen LogP contribution in [0.25, 0.3) is 0 Å². The molecule has 33 heavy (non-hydrogen) atoms. The van der Waals surface area contributed by atoms with Crippen LogP contribution in [0.15, 0.2) is 48.7 Å². The highest BCUT2D eigenvalue weighted by atomic mass is 32.1. The Bertz CT molecular complexity index is 1110. The van der Waals surface area contributed by atoms with Gasteiger partial charge in [-0.1, -0.05) is 6.07 Å². The van der Waals surface area contributed by atoms with Crippen molar-refractivity contribution in [2.75, 3.05) is 36.4 Å². The van der Waals surface area contributed by atoms with Gasteiger partial charge < -0.3 is 10.2 Å². The lowest BCUT2D eigenvalue weighted by Crippen LogP contribution is -2.48. The lowest BCUT2D eigenvalue weighted by Gasteiger charge is -2.40. The number of hydrogen-bond acceptors (Lipinski definition) is 5. The molecule has 172 valence electrons. The minimum Gasteiger partial charge on any atom is -0.369 e. The maximum Gasteiger partial charge on any atom is 0.221 e. The molecule has 1 fully saturated rings. The Morgan fingerprint density at radius 2 is 1.82 bits per heavy atom. The zero-order valence-electron chi connectivity index (χ0n) is 18.9. The number of carbonyl (C=O) groups excluding carboxylic acids is 1. The molecule has 1 saturated heterocycles. The zero-order valence-corrected chi connectivity index (χ0v) is 19.7. The van der Waals surface area contributed by atoms with Gasteiger partial charge in [-0.05, 0) is 67.6 Å². The summed E-state index contributed by atoms with van der Waals surface area (Å²) in [5.41, 5.74) is 4.72. The summed E-state index contributed by atoms with van der Waals surface area (Å²) in [6.07, 6.45) is 6.38. The van der Waals surface area contributed by atoms with Crippen LogP contribution in [0.5, 0.6) is 0 Å². The van der Waals surface area contributed by atoms with Crippen LogP contribution in [0.2, 0.25) is 0 Å². The van der Waals surface area contributed by atoms with E-state index >= 15 is 0 Å². The zero-order chi connectivity index (χ0) is 22.8. The second-order valence-corrected chi connectivity index (χ2v) is 9.90. The number of thiophene rings is 1. The van der Waals surface area contributed by atoms with E-state index in [1.165, 1.54) is 41.0 Å². The predicted octanol–water partition coefficient (Wildman–Crippen LogP) is 5.03. The van der Waals surface area contributed by atoms with Crippen molar-refractivity contribution in [3.8, 4) is 0 Å². The third kappa shape index (κ3) is 4.66. The number of halogens is 1. The molecule has 7 heteroatoms. The second-order valence-electron chi connectivity index (χ2n) is 8.79. The Labute approximate surface area is 198 Å². The first-order valence-electron chi connectivity index (χ1n) is 11.7. The van der Waals surface area contributed by atoms with Crippen LogP contribution in [0.4, 0.5) is 15.1 Å². The second kappa shape index (κ2) is 9.61. The van der Waals surface area contributed by atoms with Crippen LogP contribution in [0, 0.1) is 5.82 Å². The molecule has 2 aromatic heterocycles. The largest absolute Gasteiger partial charge is 0.369 e. The molecular weight excluding hydrogens is 435 g/mol. The average Bonchev–Trinajstić information content (AvgIpc) is 3.18. The SMILES string of the molecule is CC(=O)Nc1sc2c(c1C(c1ccccn1)N1CCN(c3ccc(F)cc3)CC1)CCCC2. The maximum absolute atomic E-state index is 13.4. The number of fused-ring (bicyclic) bond motifs is 1. The number of carbonyl (C=O) groups is 1. The summed E-state index contributed by atoms with van der Waals surface area (Å²) in [5, 5.41) is 4.12. The first kappa shape index (κ1) is 22.0. The van der Waals surface area contributed by atoms with Gasteiger partial charge in [0, 0.05) is 55.4 Å². The summed E-state index contributed by atoms with van der Waals surface area (Å²) in [6, 6.07) is 12.8. The van der Waals surface area contributed by atoms with Crippen LogP contribution >= 0.6 is 11.3 Å². The molecule has 1 N–H and O–H groups in total. The highest BCUT2D eigenvalue weighted by molar-refractivity contribution is 7.16. The normalized spacial score (nSPS) is 17.5. The highest BCUT2D eigenvalue weighted by Gasteiger charge is 2.34. The quantitative estimate of drug-likeness (QED) is 0.575. The van der Waals surface area contributed by atoms with E-state index in [0.717, 1.165) is 55.4 Å². The van der Waals surface area contributed by atoms with Gasteiger partial charge in [0.05, 0.1) is 11.7 Å².